The lowest BCUT2D eigenvalue weighted by molar-refractivity contribution is -0.181. The van der Waals surface area contributed by atoms with Gasteiger partial charge < -0.3 is 19.8 Å². The molecule has 2 saturated carbocycles. The lowest BCUT2D eigenvalue weighted by Crippen LogP contribution is -2.54. The van der Waals surface area contributed by atoms with Gasteiger partial charge in [-0.05, 0) is 62.6 Å². The van der Waals surface area contributed by atoms with Gasteiger partial charge in [-0.2, -0.15) is 13.2 Å². The molecular formula is C26H34F3N3O3. The average molecular weight is 494 g/mol. The molecule has 2 unspecified atom stereocenters. The number of aromatic amines is 1. The second-order valence-electron chi connectivity index (χ2n) is 10.7. The SMILES string of the molecule is CCOc1ccc2[nH]cc(NC(=O)C3CC4(COC4)C3)c2c1.FC(F)(F)CN1CC2CCCC2C1. The number of likely N-dealkylation sites (tertiary alicyclic amines) is 1. The molecule has 2 aliphatic heterocycles. The number of alkyl halides is 3. The minimum atomic E-state index is -4.02. The molecule has 2 aromatic rings. The van der Waals surface area contributed by atoms with E-state index in [1.54, 1.807) is 4.90 Å². The second kappa shape index (κ2) is 9.65. The molecular weight excluding hydrogens is 459 g/mol. The third kappa shape index (κ3) is 5.45. The summed E-state index contributed by atoms with van der Waals surface area (Å²) < 4.78 is 46.9. The number of aromatic nitrogens is 1. The zero-order valence-corrected chi connectivity index (χ0v) is 20.1. The molecule has 6 rings (SSSR count). The number of nitrogens with zero attached hydrogens (tertiary/aromatic N) is 1. The zero-order valence-electron chi connectivity index (χ0n) is 20.1. The van der Waals surface area contributed by atoms with E-state index < -0.39 is 12.7 Å². The maximum atomic E-state index is 12.4. The summed E-state index contributed by atoms with van der Waals surface area (Å²) in [7, 11) is 0. The highest BCUT2D eigenvalue weighted by Gasteiger charge is 2.52. The van der Waals surface area contributed by atoms with Gasteiger partial charge in [0.15, 0.2) is 0 Å². The van der Waals surface area contributed by atoms with Gasteiger partial charge in [0.25, 0.3) is 0 Å². The lowest BCUT2D eigenvalue weighted by atomic mass is 9.60. The Morgan fingerprint density at radius 1 is 1.23 bits per heavy atom. The van der Waals surface area contributed by atoms with Gasteiger partial charge in [-0.15, -0.1) is 0 Å². The number of amides is 1. The molecule has 2 saturated heterocycles. The van der Waals surface area contributed by atoms with Crippen LogP contribution in [0.15, 0.2) is 24.4 Å². The number of H-pyrrole nitrogens is 1. The molecule has 2 N–H and O–H groups in total. The number of rotatable bonds is 5. The molecule has 2 atom stereocenters. The van der Waals surface area contributed by atoms with Crippen LogP contribution in [0, 0.1) is 23.2 Å². The van der Waals surface area contributed by atoms with Gasteiger partial charge in [0.2, 0.25) is 5.91 Å². The third-order valence-electron chi connectivity index (χ3n) is 7.97. The van der Waals surface area contributed by atoms with Crippen LogP contribution in [0.2, 0.25) is 0 Å². The quantitative estimate of drug-likeness (QED) is 0.600. The van der Waals surface area contributed by atoms with Crippen LogP contribution < -0.4 is 10.1 Å². The Morgan fingerprint density at radius 2 is 1.94 bits per heavy atom. The van der Waals surface area contributed by atoms with Crippen molar-refractivity contribution in [2.75, 3.05) is 44.8 Å². The first-order chi connectivity index (χ1) is 16.7. The van der Waals surface area contributed by atoms with Crippen LogP contribution in [-0.4, -0.2) is 61.4 Å². The summed E-state index contributed by atoms with van der Waals surface area (Å²) in [6.45, 7) is 4.86. The van der Waals surface area contributed by atoms with E-state index in [4.69, 9.17) is 9.47 Å². The van der Waals surface area contributed by atoms with Gasteiger partial charge in [-0.3, -0.25) is 9.69 Å². The predicted molar refractivity (Wildman–Crippen MR) is 127 cm³/mol. The summed E-state index contributed by atoms with van der Waals surface area (Å²) in [5, 5.41) is 4.04. The molecule has 0 bridgehead atoms. The number of carbonyl (C=O) groups excluding carboxylic acids is 1. The Balaban J connectivity index is 0.000000166. The zero-order chi connectivity index (χ0) is 24.6. The fraction of sp³-hybridized carbons (Fsp3) is 0.654. The molecule has 4 fully saturated rings. The van der Waals surface area contributed by atoms with Gasteiger partial charge in [-0.1, -0.05) is 6.42 Å². The van der Waals surface area contributed by atoms with Gasteiger partial charge in [-0.25, -0.2) is 0 Å². The number of ether oxygens (including phenoxy) is 2. The van der Waals surface area contributed by atoms with Crippen molar-refractivity contribution in [3.63, 3.8) is 0 Å². The Hall–Kier alpha value is -2.26. The number of carbonyl (C=O) groups is 1. The van der Waals surface area contributed by atoms with Crippen molar-refractivity contribution in [3.05, 3.63) is 24.4 Å². The van der Waals surface area contributed by atoms with Gasteiger partial charge in [0.05, 0.1) is 32.1 Å². The van der Waals surface area contributed by atoms with Crippen molar-refractivity contribution >= 4 is 22.5 Å². The minimum Gasteiger partial charge on any atom is -0.494 e. The van der Waals surface area contributed by atoms with Crippen LogP contribution in [0.5, 0.6) is 5.75 Å². The van der Waals surface area contributed by atoms with E-state index in [1.165, 1.54) is 6.42 Å². The average Bonchev–Trinajstić information content (AvgIpc) is 3.41. The van der Waals surface area contributed by atoms with Crippen molar-refractivity contribution in [3.8, 4) is 5.75 Å². The van der Waals surface area contributed by atoms with Gasteiger partial charge in [0, 0.05) is 41.5 Å². The second-order valence-corrected chi connectivity index (χ2v) is 10.7. The minimum absolute atomic E-state index is 0.111. The van der Waals surface area contributed by atoms with E-state index in [2.05, 4.69) is 10.3 Å². The van der Waals surface area contributed by atoms with E-state index in [9.17, 15) is 18.0 Å². The van der Waals surface area contributed by atoms with E-state index in [0.717, 1.165) is 61.2 Å². The van der Waals surface area contributed by atoms with Crippen LogP contribution in [-0.2, 0) is 9.53 Å². The first-order valence-corrected chi connectivity index (χ1v) is 12.7. The molecule has 9 heteroatoms. The van der Waals surface area contributed by atoms with E-state index in [-0.39, 0.29) is 11.8 Å². The molecule has 192 valence electrons. The summed E-state index contributed by atoms with van der Waals surface area (Å²) in [5.74, 6) is 2.16. The number of hydrogen-bond acceptors (Lipinski definition) is 4. The highest BCUT2D eigenvalue weighted by Crippen LogP contribution is 2.51. The van der Waals surface area contributed by atoms with Crippen molar-refractivity contribution in [2.45, 2.75) is 45.2 Å². The first-order valence-electron chi connectivity index (χ1n) is 12.7. The summed E-state index contributed by atoms with van der Waals surface area (Å²) >= 11 is 0. The number of nitrogens with one attached hydrogen (secondary N) is 2. The van der Waals surface area contributed by atoms with E-state index in [0.29, 0.717) is 36.9 Å². The smallest absolute Gasteiger partial charge is 0.401 e. The van der Waals surface area contributed by atoms with Crippen molar-refractivity contribution in [1.29, 1.82) is 0 Å². The number of anilines is 1. The van der Waals surface area contributed by atoms with E-state index in [1.807, 2.05) is 31.3 Å². The molecule has 1 aromatic carbocycles. The van der Waals surface area contributed by atoms with Gasteiger partial charge >= 0.3 is 6.18 Å². The molecule has 1 spiro atoms. The summed E-state index contributed by atoms with van der Waals surface area (Å²) in [5.41, 5.74) is 2.13. The topological polar surface area (TPSA) is 66.6 Å². The molecule has 1 amide bonds. The summed E-state index contributed by atoms with van der Waals surface area (Å²) in [6, 6.07) is 5.87. The van der Waals surface area contributed by atoms with Gasteiger partial charge in [0.1, 0.15) is 5.75 Å². The Bertz CT molecular complexity index is 1030. The van der Waals surface area contributed by atoms with Crippen LogP contribution in [0.3, 0.4) is 0 Å². The molecule has 0 radical (unpaired) electrons. The lowest BCUT2D eigenvalue weighted by Gasteiger charge is -2.52. The number of halogens is 3. The van der Waals surface area contributed by atoms with Crippen LogP contribution >= 0.6 is 0 Å². The van der Waals surface area contributed by atoms with E-state index >= 15 is 0 Å². The molecule has 6 nitrogen and oxygen atoms in total. The van der Waals surface area contributed by atoms with Crippen LogP contribution in [0.25, 0.3) is 10.9 Å². The first kappa shape index (κ1) is 24.4. The Kier molecular flexibility index (Phi) is 6.74. The maximum absolute atomic E-state index is 12.4. The highest BCUT2D eigenvalue weighted by molar-refractivity contribution is 6.03. The van der Waals surface area contributed by atoms with Crippen LogP contribution in [0.4, 0.5) is 18.9 Å². The van der Waals surface area contributed by atoms with Crippen molar-refractivity contribution in [1.82, 2.24) is 9.88 Å². The third-order valence-corrected chi connectivity index (χ3v) is 7.97. The fourth-order valence-corrected chi connectivity index (χ4v) is 6.21. The maximum Gasteiger partial charge on any atom is 0.401 e. The van der Waals surface area contributed by atoms with Crippen molar-refractivity contribution in [2.24, 2.45) is 23.2 Å². The van der Waals surface area contributed by atoms with Crippen molar-refractivity contribution < 1.29 is 27.4 Å². The number of hydrogen-bond donors (Lipinski definition) is 2. The summed E-state index contributed by atoms with van der Waals surface area (Å²) in [4.78, 5) is 17.1. The number of fused-ring (bicyclic) bond motifs is 2. The standard InChI is InChI=1S/C17H20N2O3.C9H14F3N/c1-2-22-12-3-4-14-13(5-12)15(8-18-14)19-16(20)11-6-17(7-11)9-21-10-17;10-9(11,12)6-13-4-7-2-1-3-8(7)5-13/h3-5,8,11,18H,2,6-7,9-10H2,1H3,(H,19,20);7-8H,1-6H2. The monoisotopic (exact) mass is 493 g/mol. The normalized spacial score (nSPS) is 25.5. The molecule has 1 aromatic heterocycles. The molecule has 35 heavy (non-hydrogen) atoms. The fourth-order valence-electron chi connectivity index (χ4n) is 6.21. The molecule has 3 heterocycles. The largest absolute Gasteiger partial charge is 0.494 e. The highest BCUT2D eigenvalue weighted by atomic mass is 19.4. The Labute approximate surface area is 203 Å². The predicted octanol–water partition coefficient (Wildman–Crippen LogP) is 5.21. The molecule has 2 aliphatic carbocycles. The Morgan fingerprint density at radius 3 is 2.54 bits per heavy atom. The molecule has 4 aliphatic rings. The number of benzene rings is 1. The van der Waals surface area contributed by atoms with Crippen LogP contribution in [0.1, 0.15) is 39.0 Å². The summed E-state index contributed by atoms with van der Waals surface area (Å²) in [6.07, 6.45) is 3.22.